The summed E-state index contributed by atoms with van der Waals surface area (Å²) < 4.78 is 5.61. The third-order valence-electron chi connectivity index (χ3n) is 3.49. The van der Waals surface area contributed by atoms with Gasteiger partial charge in [0, 0.05) is 42.0 Å². The normalized spacial score (nSPS) is 13.9. The lowest BCUT2D eigenvalue weighted by Crippen LogP contribution is -2.43. The molecule has 0 aliphatic carbocycles. The van der Waals surface area contributed by atoms with E-state index in [1.54, 1.807) is 0 Å². The Morgan fingerprint density at radius 3 is 2.79 bits per heavy atom. The highest BCUT2D eigenvalue weighted by Crippen LogP contribution is 2.31. The molecule has 1 heterocycles. The third-order valence-corrected chi connectivity index (χ3v) is 3.49. The molecule has 4 heteroatoms. The smallest absolute Gasteiger partial charge is 0.134 e. The highest BCUT2D eigenvalue weighted by molar-refractivity contribution is 5.82. The molecule has 1 unspecified atom stereocenters. The fraction of sp³-hybridized carbons (Fsp3) is 0.467. The zero-order valence-corrected chi connectivity index (χ0v) is 11.6. The van der Waals surface area contributed by atoms with Crippen LogP contribution in [-0.2, 0) is 5.41 Å². The summed E-state index contributed by atoms with van der Waals surface area (Å²) in [7, 11) is 0. The maximum atomic E-state index is 5.81. The van der Waals surface area contributed by atoms with Crippen LogP contribution in [0.15, 0.2) is 34.9 Å². The number of benzene rings is 1. The lowest BCUT2D eigenvalue weighted by atomic mass is 9.84. The molecule has 2 rings (SSSR count). The first-order chi connectivity index (χ1) is 9.04. The van der Waals surface area contributed by atoms with Crippen LogP contribution >= 0.6 is 0 Å². The Kier molecular flexibility index (Phi) is 4.24. The summed E-state index contributed by atoms with van der Waals surface area (Å²) in [6.07, 6.45) is 1.86. The second-order valence-electron chi connectivity index (χ2n) is 5.66. The van der Waals surface area contributed by atoms with Crippen LogP contribution in [0.1, 0.15) is 19.4 Å². The van der Waals surface area contributed by atoms with Crippen LogP contribution in [0, 0.1) is 0 Å². The van der Waals surface area contributed by atoms with E-state index >= 15 is 0 Å². The first-order valence-corrected chi connectivity index (χ1v) is 6.67. The molecule has 0 bridgehead atoms. The molecule has 1 atom stereocenters. The van der Waals surface area contributed by atoms with Gasteiger partial charge in [0.1, 0.15) is 5.58 Å². The molecule has 5 N–H and O–H groups in total. The number of hydrogen-bond donors (Lipinski definition) is 3. The molecule has 0 aliphatic rings. The van der Waals surface area contributed by atoms with E-state index in [1.807, 2.05) is 24.5 Å². The van der Waals surface area contributed by atoms with Crippen molar-refractivity contribution in [2.45, 2.75) is 25.3 Å². The van der Waals surface area contributed by atoms with Crippen molar-refractivity contribution in [2.75, 3.05) is 19.6 Å². The van der Waals surface area contributed by atoms with Crippen molar-refractivity contribution in [2.24, 2.45) is 11.5 Å². The molecule has 104 valence electrons. The molecule has 0 saturated heterocycles. The van der Waals surface area contributed by atoms with Gasteiger partial charge in [0.25, 0.3) is 0 Å². The standard InChI is InChI=1S/C15H23N3O/c1-15(2,10-18-8-11(17)7-16)13-9-19-14-6-4-3-5-12(13)14/h3-6,9,11,18H,7-8,10,16-17H2,1-2H3. The summed E-state index contributed by atoms with van der Waals surface area (Å²) in [5.74, 6) is 0. The summed E-state index contributed by atoms with van der Waals surface area (Å²) in [5, 5.41) is 4.56. The minimum atomic E-state index is -0.0130. The number of furan rings is 1. The van der Waals surface area contributed by atoms with E-state index in [0.29, 0.717) is 6.54 Å². The van der Waals surface area contributed by atoms with Gasteiger partial charge in [-0.2, -0.15) is 0 Å². The van der Waals surface area contributed by atoms with E-state index in [4.69, 9.17) is 15.9 Å². The van der Waals surface area contributed by atoms with E-state index in [0.717, 1.165) is 18.7 Å². The van der Waals surface area contributed by atoms with Gasteiger partial charge in [-0.15, -0.1) is 0 Å². The maximum absolute atomic E-state index is 5.81. The largest absolute Gasteiger partial charge is 0.464 e. The summed E-state index contributed by atoms with van der Waals surface area (Å²) in [6.45, 7) is 6.47. The number of rotatable bonds is 6. The second-order valence-corrected chi connectivity index (χ2v) is 5.66. The fourth-order valence-corrected chi connectivity index (χ4v) is 2.25. The summed E-state index contributed by atoms with van der Waals surface area (Å²) in [5.41, 5.74) is 13.5. The minimum Gasteiger partial charge on any atom is -0.464 e. The zero-order valence-electron chi connectivity index (χ0n) is 11.6. The van der Waals surface area contributed by atoms with Crippen LogP contribution in [0.5, 0.6) is 0 Å². The van der Waals surface area contributed by atoms with Crippen molar-refractivity contribution in [1.29, 1.82) is 0 Å². The molecule has 1 aromatic carbocycles. The third kappa shape index (κ3) is 3.15. The minimum absolute atomic E-state index is 0.0110. The van der Waals surface area contributed by atoms with E-state index < -0.39 is 0 Å². The molecular weight excluding hydrogens is 238 g/mol. The second kappa shape index (κ2) is 5.74. The maximum Gasteiger partial charge on any atom is 0.134 e. The lowest BCUT2D eigenvalue weighted by Gasteiger charge is -2.25. The highest BCUT2D eigenvalue weighted by atomic mass is 16.3. The summed E-state index contributed by atoms with van der Waals surface area (Å²) >= 11 is 0. The predicted octanol–water partition coefficient (Wildman–Crippen LogP) is 1.59. The van der Waals surface area contributed by atoms with Crippen molar-refractivity contribution >= 4 is 11.0 Å². The molecule has 1 aromatic heterocycles. The SMILES string of the molecule is CC(C)(CNCC(N)CN)c1coc2ccccc12. The van der Waals surface area contributed by atoms with E-state index in [9.17, 15) is 0 Å². The predicted molar refractivity (Wildman–Crippen MR) is 79.1 cm³/mol. The Bertz CT molecular complexity index is 533. The number of nitrogens with one attached hydrogen (secondary N) is 1. The highest BCUT2D eigenvalue weighted by Gasteiger charge is 2.24. The summed E-state index contributed by atoms with van der Waals surface area (Å²) in [4.78, 5) is 0. The molecular formula is C15H23N3O. The topological polar surface area (TPSA) is 77.2 Å². The van der Waals surface area contributed by atoms with Crippen LogP contribution in [0.2, 0.25) is 0 Å². The molecule has 0 saturated carbocycles. The Labute approximate surface area is 114 Å². The van der Waals surface area contributed by atoms with E-state index in [1.165, 1.54) is 10.9 Å². The van der Waals surface area contributed by atoms with Crippen LogP contribution < -0.4 is 16.8 Å². The molecule has 0 radical (unpaired) electrons. The van der Waals surface area contributed by atoms with Crippen molar-refractivity contribution in [3.8, 4) is 0 Å². The van der Waals surface area contributed by atoms with Gasteiger partial charge < -0.3 is 21.2 Å². The zero-order chi connectivity index (χ0) is 13.9. The number of hydrogen-bond acceptors (Lipinski definition) is 4. The number of para-hydroxylation sites is 1. The fourth-order valence-electron chi connectivity index (χ4n) is 2.25. The molecule has 2 aromatic rings. The van der Waals surface area contributed by atoms with Crippen LogP contribution in [0.3, 0.4) is 0 Å². The Morgan fingerprint density at radius 1 is 1.32 bits per heavy atom. The number of fused-ring (bicyclic) bond motifs is 1. The van der Waals surface area contributed by atoms with Gasteiger partial charge in [-0.1, -0.05) is 32.0 Å². The molecule has 0 amide bonds. The van der Waals surface area contributed by atoms with Gasteiger partial charge in [0.15, 0.2) is 0 Å². The first-order valence-electron chi connectivity index (χ1n) is 6.67. The van der Waals surface area contributed by atoms with Crippen molar-refractivity contribution < 1.29 is 4.42 Å². The number of nitrogens with two attached hydrogens (primary N) is 2. The van der Waals surface area contributed by atoms with Gasteiger partial charge in [-0.25, -0.2) is 0 Å². The van der Waals surface area contributed by atoms with Gasteiger partial charge >= 0.3 is 0 Å². The van der Waals surface area contributed by atoms with Gasteiger partial charge in [0.2, 0.25) is 0 Å². The quantitative estimate of drug-likeness (QED) is 0.738. The first kappa shape index (κ1) is 14.1. The van der Waals surface area contributed by atoms with E-state index in [-0.39, 0.29) is 11.5 Å². The van der Waals surface area contributed by atoms with Crippen LogP contribution in [0.25, 0.3) is 11.0 Å². The van der Waals surface area contributed by atoms with Gasteiger partial charge in [-0.05, 0) is 6.07 Å². The Morgan fingerprint density at radius 2 is 2.05 bits per heavy atom. The summed E-state index contributed by atoms with van der Waals surface area (Å²) in [6, 6.07) is 8.13. The van der Waals surface area contributed by atoms with Gasteiger partial charge in [-0.3, -0.25) is 0 Å². The lowest BCUT2D eigenvalue weighted by molar-refractivity contribution is 0.450. The van der Waals surface area contributed by atoms with Crippen LogP contribution in [-0.4, -0.2) is 25.7 Å². The molecule has 19 heavy (non-hydrogen) atoms. The Hall–Kier alpha value is -1.36. The van der Waals surface area contributed by atoms with Crippen LogP contribution in [0.4, 0.5) is 0 Å². The average Bonchev–Trinajstić information content (AvgIpc) is 2.82. The monoisotopic (exact) mass is 261 g/mol. The van der Waals surface area contributed by atoms with Crippen molar-refractivity contribution in [1.82, 2.24) is 5.32 Å². The van der Waals surface area contributed by atoms with Crippen molar-refractivity contribution in [3.05, 3.63) is 36.1 Å². The molecule has 0 fully saturated rings. The molecule has 4 nitrogen and oxygen atoms in total. The molecule has 0 aliphatic heterocycles. The molecule has 0 spiro atoms. The average molecular weight is 261 g/mol. The Balaban J connectivity index is 2.10. The van der Waals surface area contributed by atoms with Crippen molar-refractivity contribution in [3.63, 3.8) is 0 Å². The van der Waals surface area contributed by atoms with E-state index in [2.05, 4.69) is 25.2 Å². The van der Waals surface area contributed by atoms with Gasteiger partial charge in [0.05, 0.1) is 6.26 Å².